The van der Waals surface area contributed by atoms with Gasteiger partial charge in [-0.1, -0.05) is 13.8 Å². The van der Waals surface area contributed by atoms with Gasteiger partial charge in [-0.15, -0.1) is 0 Å². The Kier molecular flexibility index (Phi) is 7.20. The van der Waals surface area contributed by atoms with Gasteiger partial charge in [-0.2, -0.15) is 0 Å². The first kappa shape index (κ1) is 24.5. The lowest BCUT2D eigenvalue weighted by Gasteiger charge is -2.45. The first-order valence-electron chi connectivity index (χ1n) is 11.4. The van der Waals surface area contributed by atoms with Gasteiger partial charge in [-0.05, 0) is 29.7 Å². The average Bonchev–Trinajstić information content (AvgIpc) is 2.78. The predicted molar refractivity (Wildman–Crippen MR) is 132 cm³/mol. The standard InChI is InChI=1S/C25H30FN5O4/c1-25(2)13-31(14-25)22(33)12-21(32)29-16-4-6-17(7-5-16)30-24-23-19(26)10-18(35-9-8-34-3)11-20(23)27-15-28-24/h4-7,10-11,15,24,30H,8-9,12-14H2,1-3H3,(H,27,28)(H,29,32). The van der Waals surface area contributed by atoms with Crippen LogP contribution in [-0.4, -0.2) is 56.5 Å². The third-order valence-electron chi connectivity index (χ3n) is 5.75. The zero-order valence-electron chi connectivity index (χ0n) is 20.1. The highest BCUT2D eigenvalue weighted by molar-refractivity contribution is 6.03. The van der Waals surface area contributed by atoms with E-state index in [0.29, 0.717) is 54.7 Å². The van der Waals surface area contributed by atoms with Gasteiger partial charge >= 0.3 is 0 Å². The van der Waals surface area contributed by atoms with E-state index in [1.54, 1.807) is 42.3 Å². The number of carbonyl (C=O) groups excluding carboxylic acids is 2. The number of nitrogens with one attached hydrogen (secondary N) is 3. The van der Waals surface area contributed by atoms with Crippen molar-refractivity contribution in [3.05, 3.63) is 47.8 Å². The Balaban J connectivity index is 1.34. The number of methoxy groups -OCH3 is 1. The Hall–Kier alpha value is -3.66. The van der Waals surface area contributed by atoms with Gasteiger partial charge in [0, 0.05) is 43.7 Å². The number of anilines is 3. The molecule has 2 aliphatic rings. The number of fused-ring (bicyclic) bond motifs is 1. The zero-order chi connectivity index (χ0) is 25.0. The van der Waals surface area contributed by atoms with Gasteiger partial charge in [0.2, 0.25) is 11.8 Å². The molecule has 1 unspecified atom stereocenters. The van der Waals surface area contributed by atoms with E-state index in [2.05, 4.69) is 34.8 Å². The molecule has 0 saturated carbocycles. The Morgan fingerprint density at radius 2 is 1.89 bits per heavy atom. The fourth-order valence-corrected chi connectivity index (χ4v) is 4.11. The molecule has 0 bridgehead atoms. The van der Waals surface area contributed by atoms with Crippen molar-refractivity contribution in [2.24, 2.45) is 10.4 Å². The fraction of sp³-hybridized carbons (Fsp3) is 0.400. The number of nitrogens with zero attached hydrogens (tertiary/aromatic N) is 2. The van der Waals surface area contributed by atoms with Gasteiger partial charge in [-0.25, -0.2) is 9.38 Å². The maximum atomic E-state index is 14.9. The van der Waals surface area contributed by atoms with Crippen molar-refractivity contribution < 1.29 is 23.5 Å². The van der Waals surface area contributed by atoms with Crippen molar-refractivity contribution in [2.45, 2.75) is 26.4 Å². The molecule has 35 heavy (non-hydrogen) atoms. The van der Waals surface area contributed by atoms with Crippen LogP contribution < -0.4 is 20.7 Å². The van der Waals surface area contributed by atoms with E-state index in [0.717, 1.165) is 0 Å². The molecule has 4 rings (SSSR count). The van der Waals surface area contributed by atoms with Crippen molar-refractivity contribution >= 4 is 35.2 Å². The molecule has 1 saturated heterocycles. The molecule has 2 aliphatic heterocycles. The summed E-state index contributed by atoms with van der Waals surface area (Å²) >= 11 is 0. The number of amides is 2. The SMILES string of the molecule is COCCOc1cc(F)c2c(c1)NC=NC2Nc1ccc(NC(=O)CC(=O)N2CC(C)(C)C2)cc1. The third-order valence-corrected chi connectivity index (χ3v) is 5.75. The lowest BCUT2D eigenvalue weighted by Crippen LogP contribution is -2.55. The Morgan fingerprint density at radius 1 is 1.17 bits per heavy atom. The van der Waals surface area contributed by atoms with E-state index >= 15 is 0 Å². The van der Waals surface area contributed by atoms with Crippen LogP contribution in [0.4, 0.5) is 21.5 Å². The number of rotatable bonds is 9. The quantitative estimate of drug-likeness (QED) is 0.372. The van der Waals surface area contributed by atoms with Gasteiger partial charge in [-0.3, -0.25) is 9.59 Å². The first-order chi connectivity index (χ1) is 16.7. The van der Waals surface area contributed by atoms with Crippen LogP contribution in [0, 0.1) is 11.2 Å². The van der Waals surface area contributed by atoms with Crippen LogP contribution in [0.5, 0.6) is 5.75 Å². The number of aliphatic imine (C=N–C) groups is 1. The first-order valence-corrected chi connectivity index (χ1v) is 11.4. The number of halogens is 1. The molecule has 2 amide bonds. The second-order valence-corrected chi connectivity index (χ2v) is 9.39. The van der Waals surface area contributed by atoms with Crippen LogP contribution in [0.2, 0.25) is 0 Å². The average molecular weight is 484 g/mol. The molecule has 2 aromatic carbocycles. The highest BCUT2D eigenvalue weighted by Gasteiger charge is 2.37. The summed E-state index contributed by atoms with van der Waals surface area (Å²) in [4.78, 5) is 30.5. The van der Waals surface area contributed by atoms with Gasteiger partial charge in [0.05, 0.1) is 24.2 Å². The normalized spacial score (nSPS) is 17.6. The van der Waals surface area contributed by atoms with Crippen molar-refractivity contribution in [2.75, 3.05) is 49.4 Å². The molecular weight excluding hydrogens is 453 g/mol. The van der Waals surface area contributed by atoms with Crippen LogP contribution in [0.3, 0.4) is 0 Å². The second-order valence-electron chi connectivity index (χ2n) is 9.39. The zero-order valence-corrected chi connectivity index (χ0v) is 20.1. The lowest BCUT2D eigenvalue weighted by atomic mass is 9.84. The summed E-state index contributed by atoms with van der Waals surface area (Å²) in [7, 11) is 1.57. The van der Waals surface area contributed by atoms with Crippen LogP contribution in [0.25, 0.3) is 0 Å². The lowest BCUT2D eigenvalue weighted by molar-refractivity contribution is -0.143. The van der Waals surface area contributed by atoms with Gasteiger partial charge in [0.15, 0.2) is 6.17 Å². The number of benzene rings is 2. The van der Waals surface area contributed by atoms with E-state index in [-0.39, 0.29) is 23.7 Å². The van der Waals surface area contributed by atoms with E-state index < -0.39 is 12.0 Å². The van der Waals surface area contributed by atoms with Gasteiger partial charge < -0.3 is 30.3 Å². The molecule has 2 heterocycles. The molecule has 0 aliphatic carbocycles. The number of hydrogen-bond donors (Lipinski definition) is 3. The van der Waals surface area contributed by atoms with E-state index in [9.17, 15) is 14.0 Å². The fourth-order valence-electron chi connectivity index (χ4n) is 4.11. The number of likely N-dealkylation sites (tertiary alicyclic amines) is 1. The minimum atomic E-state index is -0.641. The van der Waals surface area contributed by atoms with Gasteiger partial charge in [0.1, 0.15) is 24.6 Å². The van der Waals surface area contributed by atoms with Crippen LogP contribution >= 0.6 is 0 Å². The molecule has 2 aromatic rings. The van der Waals surface area contributed by atoms with Crippen molar-refractivity contribution in [3.8, 4) is 5.75 Å². The molecule has 186 valence electrons. The molecule has 3 N–H and O–H groups in total. The minimum absolute atomic E-state index is 0.122. The van der Waals surface area contributed by atoms with Crippen LogP contribution in [-0.2, 0) is 14.3 Å². The summed E-state index contributed by atoms with van der Waals surface area (Å²) in [6.07, 6.45) is 0.675. The number of ether oxygens (including phenoxy) is 2. The Bertz CT molecular complexity index is 1110. The molecule has 0 radical (unpaired) electrons. The maximum absolute atomic E-state index is 14.9. The molecule has 0 aromatic heterocycles. The second kappa shape index (κ2) is 10.3. The summed E-state index contributed by atoms with van der Waals surface area (Å²) < 4.78 is 25.4. The number of hydrogen-bond acceptors (Lipinski definition) is 7. The van der Waals surface area contributed by atoms with Crippen molar-refractivity contribution in [1.29, 1.82) is 0 Å². The molecule has 0 spiro atoms. The summed E-state index contributed by atoms with van der Waals surface area (Å²) in [5.41, 5.74) is 2.31. The molecule has 9 nitrogen and oxygen atoms in total. The monoisotopic (exact) mass is 483 g/mol. The topological polar surface area (TPSA) is 104 Å². The van der Waals surface area contributed by atoms with Crippen LogP contribution in [0.1, 0.15) is 32.0 Å². The van der Waals surface area contributed by atoms with Crippen molar-refractivity contribution in [3.63, 3.8) is 0 Å². The molecule has 1 atom stereocenters. The van der Waals surface area contributed by atoms with E-state index in [1.165, 1.54) is 12.4 Å². The van der Waals surface area contributed by atoms with E-state index in [4.69, 9.17) is 9.47 Å². The molecule has 1 fully saturated rings. The minimum Gasteiger partial charge on any atom is -0.491 e. The summed E-state index contributed by atoms with van der Waals surface area (Å²) in [6.45, 7) is 6.24. The Labute approximate surface area is 203 Å². The predicted octanol–water partition coefficient (Wildman–Crippen LogP) is 3.61. The number of carbonyl (C=O) groups is 2. The summed E-state index contributed by atoms with van der Waals surface area (Å²) in [6, 6.07) is 9.99. The van der Waals surface area contributed by atoms with Gasteiger partial charge in [0.25, 0.3) is 0 Å². The summed E-state index contributed by atoms with van der Waals surface area (Å²) in [5.74, 6) is -0.577. The smallest absolute Gasteiger partial charge is 0.233 e. The molecular formula is C25H30FN5O4. The van der Waals surface area contributed by atoms with Crippen LogP contribution in [0.15, 0.2) is 41.4 Å². The highest BCUT2D eigenvalue weighted by atomic mass is 19.1. The molecule has 10 heteroatoms. The highest BCUT2D eigenvalue weighted by Crippen LogP contribution is 2.35. The maximum Gasteiger partial charge on any atom is 0.233 e. The van der Waals surface area contributed by atoms with E-state index in [1.807, 2.05) is 0 Å². The third kappa shape index (κ3) is 6.07. The largest absolute Gasteiger partial charge is 0.491 e. The summed E-state index contributed by atoms with van der Waals surface area (Å²) in [5, 5.41) is 8.89. The van der Waals surface area contributed by atoms with Crippen molar-refractivity contribution in [1.82, 2.24) is 4.90 Å². The Morgan fingerprint density at radius 3 is 2.57 bits per heavy atom.